The van der Waals surface area contributed by atoms with Gasteiger partial charge in [0, 0.05) is 27.5 Å². The number of hydrogen-bond donors (Lipinski definition) is 3. The number of fused-ring (bicyclic) bond motifs is 2. The molecule has 0 bridgehead atoms. The van der Waals surface area contributed by atoms with Gasteiger partial charge in [0.2, 0.25) is 0 Å². The molecule has 146 valence electrons. The monoisotopic (exact) mass is 405 g/mol. The molecule has 5 nitrogen and oxygen atoms in total. The van der Waals surface area contributed by atoms with Crippen molar-refractivity contribution in [3.8, 4) is 22.6 Å². The molecule has 6 heteroatoms. The minimum Gasteiger partial charge on any atom is -0.507 e. The van der Waals surface area contributed by atoms with Crippen LogP contribution in [0.3, 0.4) is 0 Å². The average molecular weight is 405 g/mol. The van der Waals surface area contributed by atoms with Crippen molar-refractivity contribution in [2.75, 3.05) is 0 Å². The molecule has 1 atom stereocenters. The van der Waals surface area contributed by atoms with Crippen molar-refractivity contribution in [2.24, 2.45) is 5.73 Å². The number of carbonyl (C=O) groups is 1. The highest BCUT2D eigenvalue weighted by Gasteiger charge is 2.20. The highest BCUT2D eigenvalue weighted by atomic mass is 32.2. The predicted octanol–water partition coefficient (Wildman–Crippen LogP) is 5.60. The highest BCUT2D eigenvalue weighted by molar-refractivity contribution is 8.00. The van der Waals surface area contributed by atoms with Gasteiger partial charge in [0.05, 0.1) is 0 Å². The number of hydrogen-bond acceptors (Lipinski definition) is 5. The van der Waals surface area contributed by atoms with Gasteiger partial charge in [0.1, 0.15) is 11.5 Å². The van der Waals surface area contributed by atoms with E-state index in [1.54, 1.807) is 13.0 Å². The Labute approximate surface area is 171 Å². The summed E-state index contributed by atoms with van der Waals surface area (Å²) in [7, 11) is 0. The van der Waals surface area contributed by atoms with Crippen LogP contribution in [0, 0.1) is 0 Å². The largest absolute Gasteiger partial charge is 0.507 e. The van der Waals surface area contributed by atoms with Crippen molar-refractivity contribution >= 4 is 39.4 Å². The Morgan fingerprint density at radius 2 is 1.59 bits per heavy atom. The van der Waals surface area contributed by atoms with Crippen LogP contribution < -0.4 is 5.73 Å². The lowest BCUT2D eigenvalue weighted by atomic mass is 9.94. The van der Waals surface area contributed by atoms with Crippen molar-refractivity contribution < 1.29 is 19.7 Å². The first kappa shape index (κ1) is 19.0. The second-order valence-corrected chi connectivity index (χ2v) is 7.93. The fraction of sp³-hybridized carbons (Fsp3) is 0.0870. The first-order chi connectivity index (χ1) is 14.0. The Morgan fingerprint density at radius 1 is 0.931 bits per heavy atom. The maximum atomic E-state index is 11.2. The zero-order chi connectivity index (χ0) is 20.5. The molecule has 0 aliphatic heterocycles. The van der Waals surface area contributed by atoms with Crippen molar-refractivity contribution in [1.82, 2.24) is 0 Å². The molecule has 0 aromatic heterocycles. The molecular formula is C23H19NO4S. The average Bonchev–Trinajstić information content (AvgIpc) is 2.69. The van der Waals surface area contributed by atoms with Gasteiger partial charge >= 0.3 is 6.09 Å². The number of nitrogens with two attached hydrogens (primary N) is 1. The van der Waals surface area contributed by atoms with Crippen LogP contribution in [-0.4, -0.2) is 21.7 Å². The Morgan fingerprint density at radius 3 is 2.31 bits per heavy atom. The molecule has 4 aromatic rings. The summed E-state index contributed by atoms with van der Waals surface area (Å²) in [5.74, 6) is -0.0101. The maximum absolute atomic E-state index is 11.2. The van der Waals surface area contributed by atoms with Crippen molar-refractivity contribution in [3.63, 3.8) is 0 Å². The van der Waals surface area contributed by atoms with E-state index in [2.05, 4.69) is 0 Å². The standard InChI is InChI=1S/C23H19NO4S/c1-13(28-23(24)27)29-22-15-7-3-2-6-14(15)10-11-18(22)21-17-9-5-4-8-16(17)19(25)12-20(21)26/h2-13,25-26H,1H3,(H2,24,27). The van der Waals surface area contributed by atoms with Gasteiger partial charge < -0.3 is 20.7 Å². The van der Waals surface area contributed by atoms with E-state index in [-0.39, 0.29) is 11.5 Å². The number of amides is 1. The van der Waals surface area contributed by atoms with E-state index in [1.165, 1.54) is 17.8 Å². The van der Waals surface area contributed by atoms with E-state index in [1.807, 2.05) is 54.6 Å². The van der Waals surface area contributed by atoms with Gasteiger partial charge in [-0.05, 0) is 23.1 Å². The molecule has 0 heterocycles. The molecular weight excluding hydrogens is 386 g/mol. The van der Waals surface area contributed by atoms with Crippen LogP contribution in [0.5, 0.6) is 11.5 Å². The van der Waals surface area contributed by atoms with Crippen molar-refractivity contribution in [1.29, 1.82) is 0 Å². The van der Waals surface area contributed by atoms with Crippen molar-refractivity contribution in [2.45, 2.75) is 17.3 Å². The normalized spacial score (nSPS) is 12.2. The lowest BCUT2D eigenvalue weighted by Gasteiger charge is -2.19. The van der Waals surface area contributed by atoms with Gasteiger partial charge in [-0.3, -0.25) is 0 Å². The SMILES string of the molecule is CC(OC(N)=O)Sc1c(-c2c(O)cc(O)c3ccccc23)ccc2ccccc12. The predicted molar refractivity (Wildman–Crippen MR) is 116 cm³/mol. The van der Waals surface area contributed by atoms with Crippen LogP contribution in [0.1, 0.15) is 6.92 Å². The number of thioether (sulfide) groups is 1. The van der Waals surface area contributed by atoms with Crippen LogP contribution in [0.4, 0.5) is 4.79 Å². The molecule has 0 aliphatic rings. The van der Waals surface area contributed by atoms with E-state index >= 15 is 0 Å². The number of primary amides is 1. The van der Waals surface area contributed by atoms with E-state index in [9.17, 15) is 15.0 Å². The molecule has 4 rings (SSSR count). The van der Waals surface area contributed by atoms with Crippen LogP contribution in [0.15, 0.2) is 71.6 Å². The summed E-state index contributed by atoms with van der Waals surface area (Å²) < 4.78 is 5.13. The molecule has 0 radical (unpaired) electrons. The molecule has 29 heavy (non-hydrogen) atoms. The Kier molecular flexibility index (Phi) is 4.94. The lowest BCUT2D eigenvalue weighted by Crippen LogP contribution is -2.18. The Balaban J connectivity index is 2.01. The van der Waals surface area contributed by atoms with Crippen LogP contribution in [0.25, 0.3) is 32.7 Å². The molecule has 0 saturated heterocycles. The van der Waals surface area contributed by atoms with Crippen LogP contribution in [0.2, 0.25) is 0 Å². The van der Waals surface area contributed by atoms with E-state index in [0.717, 1.165) is 26.6 Å². The molecule has 1 amide bonds. The summed E-state index contributed by atoms with van der Waals surface area (Å²) in [4.78, 5) is 12.1. The molecule has 4 N–H and O–H groups in total. The minimum atomic E-state index is -0.843. The number of phenols is 2. The van der Waals surface area contributed by atoms with E-state index in [4.69, 9.17) is 10.5 Å². The van der Waals surface area contributed by atoms with E-state index < -0.39 is 11.5 Å². The lowest BCUT2D eigenvalue weighted by molar-refractivity contribution is 0.152. The number of carbonyl (C=O) groups excluding carboxylic acids is 1. The Bertz CT molecular complexity index is 1240. The van der Waals surface area contributed by atoms with Gasteiger partial charge in [-0.2, -0.15) is 0 Å². The third-order valence-corrected chi connectivity index (χ3v) is 5.82. The van der Waals surface area contributed by atoms with Crippen LogP contribution in [-0.2, 0) is 4.74 Å². The second-order valence-electron chi connectivity index (χ2n) is 6.62. The molecule has 1 unspecified atom stereocenters. The van der Waals surface area contributed by atoms with Gasteiger partial charge in [0.15, 0.2) is 5.44 Å². The summed E-state index contributed by atoms with van der Waals surface area (Å²) in [6.07, 6.45) is -0.843. The fourth-order valence-electron chi connectivity index (χ4n) is 3.55. The number of ether oxygens (including phenoxy) is 1. The minimum absolute atomic E-state index is 0.0160. The van der Waals surface area contributed by atoms with Gasteiger partial charge in [-0.25, -0.2) is 4.79 Å². The second kappa shape index (κ2) is 7.56. The van der Waals surface area contributed by atoms with Gasteiger partial charge in [0.25, 0.3) is 0 Å². The van der Waals surface area contributed by atoms with Gasteiger partial charge in [-0.15, -0.1) is 0 Å². The zero-order valence-corrected chi connectivity index (χ0v) is 16.4. The third-order valence-electron chi connectivity index (χ3n) is 4.72. The molecule has 0 fully saturated rings. The van der Waals surface area contributed by atoms with Gasteiger partial charge in [-0.1, -0.05) is 72.4 Å². The summed E-state index contributed by atoms with van der Waals surface area (Å²) in [5.41, 5.74) is 6.05. The molecule has 0 saturated carbocycles. The summed E-state index contributed by atoms with van der Waals surface area (Å²) in [6, 6.07) is 20.5. The number of benzene rings is 4. The van der Waals surface area contributed by atoms with Crippen LogP contribution >= 0.6 is 11.8 Å². The summed E-state index contributed by atoms with van der Waals surface area (Å²) in [6.45, 7) is 1.75. The quantitative estimate of drug-likeness (QED) is 0.303. The first-order valence-corrected chi connectivity index (χ1v) is 9.92. The smallest absolute Gasteiger partial charge is 0.405 e. The molecule has 0 spiro atoms. The Hall–Kier alpha value is -3.38. The summed E-state index contributed by atoms with van der Waals surface area (Å²) in [5, 5.41) is 24.4. The molecule has 0 aliphatic carbocycles. The number of phenolic OH excluding ortho intramolecular Hbond substituents is 2. The fourth-order valence-corrected chi connectivity index (χ4v) is 4.63. The topological polar surface area (TPSA) is 92.8 Å². The highest BCUT2D eigenvalue weighted by Crippen LogP contribution is 2.47. The number of aromatic hydroxyl groups is 2. The number of rotatable bonds is 4. The first-order valence-electron chi connectivity index (χ1n) is 9.04. The zero-order valence-electron chi connectivity index (χ0n) is 15.6. The third kappa shape index (κ3) is 3.54. The maximum Gasteiger partial charge on any atom is 0.405 e. The summed E-state index contributed by atoms with van der Waals surface area (Å²) >= 11 is 1.35. The molecule has 4 aromatic carbocycles. The van der Waals surface area contributed by atoms with Crippen molar-refractivity contribution in [3.05, 3.63) is 66.7 Å². The van der Waals surface area contributed by atoms with E-state index in [0.29, 0.717) is 10.9 Å².